The maximum atomic E-state index is 12.6. The van der Waals surface area contributed by atoms with Gasteiger partial charge in [0, 0.05) is 6.54 Å². The molecular formula is C14H21NO2S. The third-order valence-electron chi connectivity index (χ3n) is 3.80. The summed E-state index contributed by atoms with van der Waals surface area (Å²) < 4.78 is 25.3. The molecule has 4 heteroatoms. The standard InChI is InChI=1S/C14H21NO2S/c15-11-14(12-7-3-1-4-8-12)18(16,17)13-9-5-2-6-10-13/h1,3-4,7-8,13-14H,2,5-6,9-11,15H2. The molecule has 2 N–H and O–H groups in total. The van der Waals surface area contributed by atoms with Gasteiger partial charge in [0.15, 0.2) is 9.84 Å². The average molecular weight is 267 g/mol. The van der Waals surface area contributed by atoms with Crippen molar-refractivity contribution in [3.63, 3.8) is 0 Å². The Labute approximate surface area is 109 Å². The summed E-state index contributed by atoms with van der Waals surface area (Å²) in [5, 5.41) is -0.734. The van der Waals surface area contributed by atoms with Crippen LogP contribution < -0.4 is 5.73 Å². The summed E-state index contributed by atoms with van der Waals surface area (Å²) in [7, 11) is -3.15. The van der Waals surface area contributed by atoms with Crippen molar-refractivity contribution in [3.05, 3.63) is 35.9 Å². The van der Waals surface area contributed by atoms with Crippen LogP contribution in [-0.4, -0.2) is 20.2 Å². The van der Waals surface area contributed by atoms with Gasteiger partial charge in [-0.3, -0.25) is 0 Å². The van der Waals surface area contributed by atoms with Crippen molar-refractivity contribution in [1.82, 2.24) is 0 Å². The van der Waals surface area contributed by atoms with E-state index in [1.54, 1.807) is 0 Å². The third-order valence-corrected chi connectivity index (χ3v) is 6.46. The lowest BCUT2D eigenvalue weighted by molar-refractivity contribution is 0.478. The second-order valence-corrected chi connectivity index (χ2v) is 7.40. The van der Waals surface area contributed by atoms with Gasteiger partial charge in [0.05, 0.1) is 10.5 Å². The Bertz CT molecular complexity index is 464. The first-order chi connectivity index (χ1) is 8.66. The van der Waals surface area contributed by atoms with Crippen LogP contribution in [-0.2, 0) is 9.84 Å². The highest BCUT2D eigenvalue weighted by Gasteiger charge is 2.34. The van der Waals surface area contributed by atoms with Gasteiger partial charge >= 0.3 is 0 Å². The molecule has 2 rings (SSSR count). The van der Waals surface area contributed by atoms with E-state index in [-0.39, 0.29) is 11.8 Å². The average Bonchev–Trinajstić information content (AvgIpc) is 2.41. The van der Waals surface area contributed by atoms with E-state index in [0.717, 1.165) is 37.7 Å². The van der Waals surface area contributed by atoms with Crippen molar-refractivity contribution in [2.45, 2.75) is 42.6 Å². The highest BCUT2D eigenvalue weighted by atomic mass is 32.2. The Hall–Kier alpha value is -0.870. The number of benzene rings is 1. The summed E-state index contributed by atoms with van der Waals surface area (Å²) in [5.41, 5.74) is 6.54. The first-order valence-corrected chi connectivity index (χ1v) is 8.25. The molecule has 1 atom stereocenters. The normalized spacial score (nSPS) is 19.6. The fraction of sp³-hybridized carbons (Fsp3) is 0.571. The molecule has 1 saturated carbocycles. The van der Waals surface area contributed by atoms with Crippen LogP contribution in [0.25, 0.3) is 0 Å². The maximum Gasteiger partial charge on any atom is 0.161 e. The van der Waals surface area contributed by atoms with Crippen LogP contribution in [0.5, 0.6) is 0 Å². The van der Waals surface area contributed by atoms with E-state index in [2.05, 4.69) is 0 Å². The molecule has 0 heterocycles. The van der Waals surface area contributed by atoms with Gasteiger partial charge in [0.1, 0.15) is 0 Å². The van der Waals surface area contributed by atoms with E-state index in [4.69, 9.17) is 5.73 Å². The van der Waals surface area contributed by atoms with Crippen molar-refractivity contribution in [2.24, 2.45) is 5.73 Å². The number of rotatable bonds is 4. The largest absolute Gasteiger partial charge is 0.329 e. The molecule has 1 aliphatic carbocycles. The zero-order chi connectivity index (χ0) is 13.0. The van der Waals surface area contributed by atoms with E-state index in [9.17, 15) is 8.42 Å². The summed E-state index contributed by atoms with van der Waals surface area (Å²) >= 11 is 0. The monoisotopic (exact) mass is 267 g/mol. The highest BCUT2D eigenvalue weighted by Crippen LogP contribution is 2.32. The lowest BCUT2D eigenvalue weighted by Gasteiger charge is -2.26. The summed E-state index contributed by atoms with van der Waals surface area (Å²) in [6.07, 6.45) is 4.80. The predicted octanol–water partition coefficient (Wildman–Crippen LogP) is 2.43. The van der Waals surface area contributed by atoms with E-state index in [0.29, 0.717) is 0 Å². The van der Waals surface area contributed by atoms with Crippen LogP contribution in [0.3, 0.4) is 0 Å². The quantitative estimate of drug-likeness (QED) is 0.911. The number of hydrogen-bond acceptors (Lipinski definition) is 3. The molecule has 1 aliphatic rings. The second-order valence-electron chi connectivity index (χ2n) is 4.98. The van der Waals surface area contributed by atoms with Crippen LogP contribution in [0.15, 0.2) is 30.3 Å². The van der Waals surface area contributed by atoms with Crippen LogP contribution in [0.1, 0.15) is 42.9 Å². The molecule has 1 unspecified atom stereocenters. The molecule has 18 heavy (non-hydrogen) atoms. The summed E-state index contributed by atoms with van der Waals surface area (Å²) in [6, 6.07) is 9.35. The Morgan fingerprint density at radius 3 is 2.28 bits per heavy atom. The molecule has 0 radical (unpaired) electrons. The van der Waals surface area contributed by atoms with Gasteiger partial charge in [-0.1, -0.05) is 49.6 Å². The van der Waals surface area contributed by atoms with Crippen molar-refractivity contribution < 1.29 is 8.42 Å². The minimum absolute atomic E-state index is 0.169. The van der Waals surface area contributed by atoms with Crippen LogP contribution in [0, 0.1) is 0 Å². The Kier molecular flexibility index (Phi) is 4.40. The van der Waals surface area contributed by atoms with E-state index in [1.165, 1.54) is 0 Å². The Balaban J connectivity index is 2.26. The molecule has 100 valence electrons. The first kappa shape index (κ1) is 13.6. The molecule has 0 spiro atoms. The Morgan fingerprint density at radius 2 is 1.72 bits per heavy atom. The molecule has 1 fully saturated rings. The number of hydrogen-bond donors (Lipinski definition) is 1. The second kappa shape index (κ2) is 5.85. The SMILES string of the molecule is NCC(c1ccccc1)S(=O)(=O)C1CCCCC1. The first-order valence-electron chi connectivity index (χ1n) is 6.64. The molecule has 1 aromatic rings. The lowest BCUT2D eigenvalue weighted by atomic mass is 10.0. The van der Waals surface area contributed by atoms with Gasteiger partial charge < -0.3 is 5.73 Å². The molecule has 0 aromatic heterocycles. The fourth-order valence-electron chi connectivity index (χ4n) is 2.75. The predicted molar refractivity (Wildman–Crippen MR) is 74.0 cm³/mol. The molecule has 0 amide bonds. The van der Waals surface area contributed by atoms with E-state index in [1.807, 2.05) is 30.3 Å². The van der Waals surface area contributed by atoms with Crippen LogP contribution >= 0.6 is 0 Å². The fourth-order valence-corrected chi connectivity index (χ4v) is 5.01. The molecular weight excluding hydrogens is 246 g/mol. The van der Waals surface area contributed by atoms with E-state index < -0.39 is 15.1 Å². The molecule has 3 nitrogen and oxygen atoms in total. The summed E-state index contributed by atoms with van der Waals surface area (Å²) in [6.45, 7) is 0.169. The van der Waals surface area contributed by atoms with Gasteiger partial charge in [-0.25, -0.2) is 8.42 Å². The smallest absolute Gasteiger partial charge is 0.161 e. The van der Waals surface area contributed by atoms with Crippen molar-refractivity contribution in [3.8, 4) is 0 Å². The van der Waals surface area contributed by atoms with Crippen LogP contribution in [0.2, 0.25) is 0 Å². The molecule has 0 aliphatic heterocycles. The van der Waals surface area contributed by atoms with Crippen molar-refractivity contribution in [2.75, 3.05) is 6.54 Å². The zero-order valence-corrected chi connectivity index (χ0v) is 11.4. The third kappa shape index (κ3) is 2.75. The highest BCUT2D eigenvalue weighted by molar-refractivity contribution is 7.92. The van der Waals surface area contributed by atoms with Gasteiger partial charge in [-0.15, -0.1) is 0 Å². The van der Waals surface area contributed by atoms with Gasteiger partial charge in [0.2, 0.25) is 0 Å². The minimum atomic E-state index is -3.15. The topological polar surface area (TPSA) is 60.2 Å². The minimum Gasteiger partial charge on any atom is -0.329 e. The van der Waals surface area contributed by atoms with Crippen LogP contribution in [0.4, 0.5) is 0 Å². The maximum absolute atomic E-state index is 12.6. The van der Waals surface area contributed by atoms with Gasteiger partial charge in [0.25, 0.3) is 0 Å². The number of sulfone groups is 1. The molecule has 1 aromatic carbocycles. The Morgan fingerprint density at radius 1 is 1.11 bits per heavy atom. The summed E-state index contributed by atoms with van der Waals surface area (Å²) in [4.78, 5) is 0. The van der Waals surface area contributed by atoms with Crippen molar-refractivity contribution >= 4 is 9.84 Å². The van der Waals surface area contributed by atoms with E-state index >= 15 is 0 Å². The zero-order valence-electron chi connectivity index (χ0n) is 10.6. The number of nitrogens with two attached hydrogens (primary N) is 1. The van der Waals surface area contributed by atoms with Gasteiger partial charge in [-0.2, -0.15) is 0 Å². The summed E-state index contributed by atoms with van der Waals surface area (Å²) in [5.74, 6) is 0. The van der Waals surface area contributed by atoms with Crippen molar-refractivity contribution in [1.29, 1.82) is 0 Å². The molecule has 0 saturated heterocycles. The molecule has 0 bridgehead atoms. The lowest BCUT2D eigenvalue weighted by Crippen LogP contribution is -2.32. The van der Waals surface area contributed by atoms with Gasteiger partial charge in [-0.05, 0) is 18.4 Å².